The molecule has 2 aromatic carbocycles. The minimum absolute atomic E-state index is 0.00823. The van der Waals surface area contributed by atoms with Crippen LogP contribution in [0.4, 0.5) is 0 Å². The van der Waals surface area contributed by atoms with Gasteiger partial charge >= 0.3 is 5.97 Å². The highest BCUT2D eigenvalue weighted by molar-refractivity contribution is 5.99. The second-order valence-electron chi connectivity index (χ2n) is 23.9. The first kappa shape index (κ1) is 73.3. The fourth-order valence-electron chi connectivity index (χ4n) is 10.1. The summed E-state index contributed by atoms with van der Waals surface area (Å²) >= 11 is 0. The standard InChI is InChI=1S/C63H87N21O11/c1-35(2)19-46(80-59(91)51(26-43-30-70-34-75-43)83-58(90)47(22-39-15-10-7-11-16-39)79-54(86)44(64)21-38-13-8-6-9-14-38)57(89)77-45(17-12-18-71-63(65)66)55(87)81-50(25-42-29-69-33-74-42)60(92)82-48(23-40-27-67-31-72-40)56(88)76-37(5)53(85)78-49(24-41-28-68-32-73-41)61(93)84-52(62(94)95)20-36(3)4/h6-11,13-16,27-37,44-52H,12,17-26,64H2,1-5H3,(H,67,72)(H,68,73)(H,69,74)(H,70,75)(H,76,88)(H,77,89)(H,78,85)(H,79,86)(H,80,91)(H,81,87)(H,82,92)(H,83,90)(H,84,93)(H,94,95)(H4,65,66,71)/t37-,44-,45-,46-,47-,48-,49-,50-,51-,52-/m0/s1. The van der Waals surface area contributed by atoms with Crippen molar-refractivity contribution in [3.8, 4) is 0 Å². The summed E-state index contributed by atoms with van der Waals surface area (Å²) in [5.41, 5.74) is 20.7. The number of hydrogen-bond acceptors (Lipinski definition) is 16. The lowest BCUT2D eigenvalue weighted by Gasteiger charge is -2.28. The van der Waals surface area contributed by atoms with Crippen LogP contribution in [0.5, 0.6) is 0 Å². The molecule has 4 aromatic heterocycles. The van der Waals surface area contributed by atoms with Crippen LogP contribution in [0.15, 0.2) is 116 Å². The molecule has 32 heteroatoms. The molecule has 0 radical (unpaired) electrons. The van der Waals surface area contributed by atoms with Crippen molar-refractivity contribution in [3.05, 3.63) is 145 Å². The van der Waals surface area contributed by atoms with Gasteiger partial charge in [0.15, 0.2) is 5.96 Å². The highest BCUT2D eigenvalue weighted by atomic mass is 16.4. The van der Waals surface area contributed by atoms with E-state index in [1.54, 1.807) is 58.0 Å². The predicted molar refractivity (Wildman–Crippen MR) is 347 cm³/mol. The van der Waals surface area contributed by atoms with Gasteiger partial charge in [-0.25, -0.2) is 24.7 Å². The molecular formula is C63H87N21O11. The van der Waals surface area contributed by atoms with Crippen molar-refractivity contribution in [1.29, 1.82) is 0 Å². The molecule has 6 aromatic rings. The fourth-order valence-corrected chi connectivity index (χ4v) is 10.1. The summed E-state index contributed by atoms with van der Waals surface area (Å²) in [6.07, 6.45) is 10.7. The van der Waals surface area contributed by atoms with E-state index in [4.69, 9.17) is 17.2 Å². The smallest absolute Gasteiger partial charge is 0.326 e. The number of hydrogen-bond donors (Lipinski definition) is 17. The molecule has 95 heavy (non-hydrogen) atoms. The van der Waals surface area contributed by atoms with Crippen LogP contribution >= 0.6 is 0 Å². The molecule has 20 N–H and O–H groups in total. The minimum atomic E-state index is -1.50. The van der Waals surface area contributed by atoms with Gasteiger partial charge in [0.05, 0.1) is 31.4 Å². The lowest BCUT2D eigenvalue weighted by atomic mass is 10.00. The Morgan fingerprint density at radius 2 is 0.747 bits per heavy atom. The fraction of sp³-hybridized carbons (Fsp3) is 0.444. The molecule has 510 valence electrons. The molecule has 9 amide bonds. The molecule has 0 aliphatic heterocycles. The zero-order valence-electron chi connectivity index (χ0n) is 53.6. The first-order chi connectivity index (χ1) is 45.4. The molecular weight excluding hydrogens is 1230 g/mol. The van der Waals surface area contributed by atoms with Gasteiger partial charge < -0.3 is 90.1 Å². The van der Waals surface area contributed by atoms with Crippen LogP contribution in [0.3, 0.4) is 0 Å². The number of aromatic nitrogens is 8. The number of imidazole rings is 4. The van der Waals surface area contributed by atoms with Crippen molar-refractivity contribution in [1.82, 2.24) is 87.7 Å². The lowest BCUT2D eigenvalue weighted by Crippen LogP contribution is -2.61. The third-order valence-corrected chi connectivity index (χ3v) is 15.0. The third-order valence-electron chi connectivity index (χ3n) is 15.0. The predicted octanol–water partition coefficient (Wildman–Crippen LogP) is -1.72. The molecule has 10 atom stereocenters. The number of aliphatic imine (C=N–C) groups is 1. The van der Waals surface area contributed by atoms with Gasteiger partial charge in [0, 0.05) is 86.2 Å². The molecule has 6 rings (SSSR count). The van der Waals surface area contributed by atoms with Crippen LogP contribution in [-0.4, -0.2) is 177 Å². The largest absolute Gasteiger partial charge is 0.480 e. The number of aliphatic carboxylic acids is 1. The van der Waals surface area contributed by atoms with E-state index in [0.29, 0.717) is 28.3 Å². The second-order valence-corrected chi connectivity index (χ2v) is 23.9. The SMILES string of the molecule is CC(C)C[C@H](NC(=O)[C@H](Cc1cnc[nH]1)NC(=O)[C@H](C)NC(=O)[C@H](Cc1cnc[nH]1)NC(=O)[C@H](Cc1cnc[nH]1)NC(=O)[C@H](CCCN=C(N)N)NC(=O)[C@H](CC(C)C)NC(=O)[C@H](Cc1cnc[nH]1)NC(=O)[C@H](Cc1ccccc1)NC(=O)[C@@H](N)Cc1ccccc1)C(=O)O. The Balaban J connectivity index is 1.21. The number of aromatic amines is 4. The van der Waals surface area contributed by atoms with Crippen LogP contribution < -0.4 is 65.1 Å². The number of carbonyl (C=O) groups is 10. The Morgan fingerprint density at radius 1 is 0.421 bits per heavy atom. The number of rotatable bonds is 39. The molecule has 4 heterocycles. The highest BCUT2D eigenvalue weighted by Crippen LogP contribution is 2.14. The number of guanidine groups is 1. The number of amides is 9. The number of carboxylic acid groups (broad SMARTS) is 1. The summed E-state index contributed by atoms with van der Waals surface area (Å²) in [6, 6.07) is 4.65. The number of nitrogens with one attached hydrogen (secondary N) is 13. The summed E-state index contributed by atoms with van der Waals surface area (Å²) in [4.78, 5) is 173. The molecule has 0 spiro atoms. The van der Waals surface area contributed by atoms with Gasteiger partial charge in [0.1, 0.15) is 54.4 Å². The topological polar surface area (TPSA) is 504 Å². The van der Waals surface area contributed by atoms with Gasteiger partial charge in [0.2, 0.25) is 53.2 Å². The van der Waals surface area contributed by atoms with E-state index in [9.17, 15) is 53.1 Å². The molecule has 32 nitrogen and oxygen atoms in total. The lowest BCUT2D eigenvalue weighted by molar-refractivity contribution is -0.142. The number of carbonyl (C=O) groups excluding carboxylic acids is 9. The van der Waals surface area contributed by atoms with Crippen molar-refractivity contribution < 1.29 is 53.1 Å². The number of nitrogens with two attached hydrogens (primary N) is 3. The van der Waals surface area contributed by atoms with E-state index in [1.807, 2.05) is 30.3 Å². The number of benzene rings is 2. The van der Waals surface area contributed by atoms with Crippen molar-refractivity contribution >= 4 is 65.1 Å². The molecule has 0 aliphatic carbocycles. The van der Waals surface area contributed by atoms with Crippen molar-refractivity contribution in [2.75, 3.05) is 6.54 Å². The zero-order chi connectivity index (χ0) is 69.0. The summed E-state index contributed by atoms with van der Waals surface area (Å²) < 4.78 is 0. The van der Waals surface area contributed by atoms with E-state index in [2.05, 4.69) is 92.7 Å². The molecule has 0 saturated heterocycles. The van der Waals surface area contributed by atoms with E-state index in [0.717, 1.165) is 5.56 Å². The van der Waals surface area contributed by atoms with Crippen molar-refractivity contribution in [2.24, 2.45) is 34.0 Å². The van der Waals surface area contributed by atoms with E-state index in [1.165, 1.54) is 57.0 Å². The molecule has 0 unspecified atom stereocenters. The second kappa shape index (κ2) is 37.0. The highest BCUT2D eigenvalue weighted by Gasteiger charge is 2.36. The molecule has 0 bridgehead atoms. The average Bonchev–Trinajstić information content (AvgIpc) is 1.67. The Bertz CT molecular complexity index is 3440. The van der Waals surface area contributed by atoms with E-state index in [-0.39, 0.29) is 88.5 Å². The Morgan fingerprint density at radius 3 is 1.14 bits per heavy atom. The molecule has 0 saturated carbocycles. The quantitative estimate of drug-likeness (QED) is 0.0116. The average molecular weight is 1310 g/mol. The summed E-state index contributed by atoms with van der Waals surface area (Å²) in [5, 5.41) is 34.0. The first-order valence-corrected chi connectivity index (χ1v) is 31.1. The summed E-state index contributed by atoms with van der Waals surface area (Å²) in [7, 11) is 0. The van der Waals surface area contributed by atoms with E-state index < -0.39 is 120 Å². The maximum atomic E-state index is 14.8. The summed E-state index contributed by atoms with van der Waals surface area (Å²) in [5.74, 6) is -9.17. The number of H-pyrrole nitrogens is 4. The van der Waals surface area contributed by atoms with Gasteiger partial charge in [-0.15, -0.1) is 0 Å². The monoisotopic (exact) mass is 1310 g/mol. The third kappa shape index (κ3) is 25.0. The van der Waals surface area contributed by atoms with Gasteiger partial charge in [-0.3, -0.25) is 48.1 Å². The van der Waals surface area contributed by atoms with Crippen LogP contribution in [0.2, 0.25) is 0 Å². The van der Waals surface area contributed by atoms with Gasteiger partial charge in [-0.05, 0) is 62.0 Å². The number of nitrogens with zero attached hydrogens (tertiary/aromatic N) is 5. The Labute approximate surface area is 548 Å². The Kier molecular flexibility index (Phi) is 28.6. The van der Waals surface area contributed by atoms with Gasteiger partial charge in [-0.2, -0.15) is 0 Å². The summed E-state index contributed by atoms with van der Waals surface area (Å²) in [6.45, 7) is 8.53. The normalized spacial score (nSPS) is 14.4. The minimum Gasteiger partial charge on any atom is -0.480 e. The maximum Gasteiger partial charge on any atom is 0.326 e. The van der Waals surface area contributed by atoms with Crippen LogP contribution in [0.1, 0.15) is 94.2 Å². The van der Waals surface area contributed by atoms with Crippen LogP contribution in [0, 0.1) is 11.8 Å². The van der Waals surface area contributed by atoms with Gasteiger partial charge in [-0.1, -0.05) is 88.4 Å². The van der Waals surface area contributed by atoms with Crippen LogP contribution in [-0.2, 0) is 86.5 Å². The van der Waals surface area contributed by atoms with Crippen molar-refractivity contribution in [2.45, 2.75) is 159 Å². The first-order valence-electron chi connectivity index (χ1n) is 31.1. The van der Waals surface area contributed by atoms with Crippen LogP contribution in [0.25, 0.3) is 0 Å². The maximum absolute atomic E-state index is 14.8. The zero-order valence-corrected chi connectivity index (χ0v) is 53.6. The van der Waals surface area contributed by atoms with E-state index >= 15 is 0 Å². The Hall–Kier alpha value is -10.8. The molecule has 0 aliphatic rings. The van der Waals surface area contributed by atoms with Crippen molar-refractivity contribution in [3.63, 3.8) is 0 Å². The van der Waals surface area contributed by atoms with Gasteiger partial charge in [0.25, 0.3) is 0 Å². The number of carboxylic acids is 1. The molecule has 0 fully saturated rings.